The van der Waals surface area contributed by atoms with Crippen LogP contribution in [0.3, 0.4) is 0 Å². The van der Waals surface area contributed by atoms with E-state index < -0.39 is 22.2 Å². The molecule has 0 aliphatic heterocycles. The van der Waals surface area contributed by atoms with E-state index in [4.69, 9.17) is 0 Å². The first kappa shape index (κ1) is 14.3. The number of aryl methyl sites for hydroxylation is 1. The summed E-state index contributed by atoms with van der Waals surface area (Å²) in [6.45, 7) is 2.16. The molecule has 0 saturated carbocycles. The Morgan fingerprint density at radius 1 is 1.45 bits per heavy atom. The van der Waals surface area contributed by atoms with Crippen molar-refractivity contribution in [3.8, 4) is 0 Å². The van der Waals surface area contributed by atoms with Gasteiger partial charge in [-0.2, -0.15) is 4.39 Å². The van der Waals surface area contributed by atoms with Crippen LogP contribution in [-0.2, 0) is 13.0 Å². The largest absolute Gasteiger partial charge is 0.373 e. The molecular formula is C12H11F2N3O2S. The lowest BCUT2D eigenvalue weighted by atomic mass is 10.2. The molecule has 1 aromatic heterocycles. The molecule has 0 atom stereocenters. The SMILES string of the molecule is CCc1cnc(CNc2cc(F)cc(F)c2[N+](=O)[O-])s1. The van der Waals surface area contributed by atoms with Crippen molar-refractivity contribution in [2.24, 2.45) is 0 Å². The molecule has 0 radical (unpaired) electrons. The number of nitrogens with one attached hydrogen (secondary N) is 1. The fourth-order valence-electron chi connectivity index (χ4n) is 1.65. The van der Waals surface area contributed by atoms with Crippen molar-refractivity contribution in [2.75, 3.05) is 5.32 Å². The zero-order valence-corrected chi connectivity index (χ0v) is 11.3. The zero-order chi connectivity index (χ0) is 14.7. The second-order valence-corrected chi connectivity index (χ2v) is 5.17. The zero-order valence-electron chi connectivity index (χ0n) is 10.5. The van der Waals surface area contributed by atoms with E-state index in [2.05, 4.69) is 10.3 Å². The molecule has 0 saturated heterocycles. The number of nitro groups is 1. The van der Waals surface area contributed by atoms with Gasteiger partial charge in [-0.25, -0.2) is 9.37 Å². The first-order valence-electron chi connectivity index (χ1n) is 5.82. The molecule has 2 rings (SSSR count). The number of hydrogen-bond donors (Lipinski definition) is 1. The summed E-state index contributed by atoms with van der Waals surface area (Å²) in [5, 5.41) is 14.2. The Morgan fingerprint density at radius 2 is 2.20 bits per heavy atom. The number of nitrogens with zero attached hydrogens (tertiary/aromatic N) is 2. The van der Waals surface area contributed by atoms with Crippen LogP contribution in [0.4, 0.5) is 20.2 Å². The second kappa shape index (κ2) is 5.91. The molecule has 1 heterocycles. The Labute approximate surface area is 117 Å². The van der Waals surface area contributed by atoms with Gasteiger partial charge in [0.1, 0.15) is 16.5 Å². The number of nitro benzene ring substituents is 1. The quantitative estimate of drug-likeness (QED) is 0.677. The lowest BCUT2D eigenvalue weighted by molar-refractivity contribution is -0.386. The topological polar surface area (TPSA) is 68.1 Å². The van der Waals surface area contributed by atoms with Crippen LogP contribution in [0.25, 0.3) is 0 Å². The summed E-state index contributed by atoms with van der Waals surface area (Å²) < 4.78 is 26.6. The maximum Gasteiger partial charge on any atom is 0.327 e. The molecule has 1 aromatic carbocycles. The van der Waals surface area contributed by atoms with Gasteiger partial charge in [-0.15, -0.1) is 11.3 Å². The molecule has 0 aliphatic rings. The highest BCUT2D eigenvalue weighted by atomic mass is 32.1. The number of hydrogen-bond acceptors (Lipinski definition) is 5. The van der Waals surface area contributed by atoms with Crippen LogP contribution < -0.4 is 5.32 Å². The van der Waals surface area contributed by atoms with Crippen LogP contribution in [0.2, 0.25) is 0 Å². The van der Waals surface area contributed by atoms with Crippen LogP contribution in [-0.4, -0.2) is 9.91 Å². The van der Waals surface area contributed by atoms with Crippen molar-refractivity contribution in [3.05, 3.63) is 50.0 Å². The van der Waals surface area contributed by atoms with Crippen LogP contribution in [0.1, 0.15) is 16.8 Å². The van der Waals surface area contributed by atoms with Gasteiger partial charge in [0.25, 0.3) is 0 Å². The predicted octanol–water partition coefficient (Wildman–Crippen LogP) is 3.50. The van der Waals surface area contributed by atoms with Gasteiger partial charge in [0.2, 0.25) is 5.82 Å². The summed E-state index contributed by atoms with van der Waals surface area (Å²) in [5.74, 6) is -2.07. The molecule has 2 aromatic rings. The molecule has 0 aliphatic carbocycles. The highest BCUT2D eigenvalue weighted by Gasteiger charge is 2.22. The van der Waals surface area contributed by atoms with Gasteiger partial charge in [-0.05, 0) is 6.42 Å². The third-order valence-corrected chi connectivity index (χ3v) is 3.73. The van der Waals surface area contributed by atoms with Gasteiger partial charge in [-0.3, -0.25) is 10.1 Å². The van der Waals surface area contributed by atoms with Crippen molar-refractivity contribution in [1.29, 1.82) is 0 Å². The standard InChI is InChI=1S/C12H11F2N3O2S/c1-2-8-5-16-11(20-8)6-15-10-4-7(13)3-9(14)12(10)17(18)19/h3-5,15H,2,6H2,1H3. The van der Waals surface area contributed by atoms with E-state index in [1.165, 1.54) is 11.3 Å². The maximum absolute atomic E-state index is 13.4. The van der Waals surface area contributed by atoms with Gasteiger partial charge in [0, 0.05) is 23.2 Å². The number of benzene rings is 1. The first-order chi connectivity index (χ1) is 9.51. The third kappa shape index (κ3) is 3.08. The minimum Gasteiger partial charge on any atom is -0.373 e. The monoisotopic (exact) mass is 299 g/mol. The molecule has 0 unspecified atom stereocenters. The molecule has 0 spiro atoms. The minimum atomic E-state index is -1.20. The van der Waals surface area contributed by atoms with Crippen LogP contribution in [0.15, 0.2) is 18.3 Å². The second-order valence-electron chi connectivity index (χ2n) is 3.97. The molecule has 0 amide bonds. The Balaban J connectivity index is 2.22. The Hall–Kier alpha value is -2.09. The number of anilines is 1. The van der Waals surface area contributed by atoms with E-state index >= 15 is 0 Å². The first-order valence-corrected chi connectivity index (χ1v) is 6.63. The highest BCUT2D eigenvalue weighted by molar-refractivity contribution is 7.11. The van der Waals surface area contributed by atoms with E-state index in [1.807, 2.05) is 6.92 Å². The normalized spacial score (nSPS) is 10.6. The maximum atomic E-state index is 13.4. The highest BCUT2D eigenvalue weighted by Crippen LogP contribution is 2.29. The van der Waals surface area contributed by atoms with E-state index in [0.29, 0.717) is 11.1 Å². The van der Waals surface area contributed by atoms with E-state index in [-0.39, 0.29) is 12.2 Å². The van der Waals surface area contributed by atoms with Gasteiger partial charge >= 0.3 is 5.69 Å². The number of halogens is 2. The number of rotatable bonds is 5. The van der Waals surface area contributed by atoms with Gasteiger partial charge in [0.15, 0.2) is 0 Å². The molecule has 106 valence electrons. The summed E-state index contributed by atoms with van der Waals surface area (Å²) in [5.41, 5.74) is -0.959. The number of aromatic nitrogens is 1. The molecule has 0 fully saturated rings. The Bertz CT molecular complexity index is 646. The summed E-state index contributed by atoms with van der Waals surface area (Å²) in [7, 11) is 0. The number of thiazole rings is 1. The van der Waals surface area contributed by atoms with Crippen molar-refractivity contribution >= 4 is 22.7 Å². The van der Waals surface area contributed by atoms with E-state index in [0.717, 1.165) is 17.4 Å². The van der Waals surface area contributed by atoms with Crippen molar-refractivity contribution < 1.29 is 13.7 Å². The van der Waals surface area contributed by atoms with Crippen molar-refractivity contribution in [2.45, 2.75) is 19.9 Å². The van der Waals surface area contributed by atoms with Gasteiger partial charge in [-0.1, -0.05) is 6.92 Å². The molecule has 20 heavy (non-hydrogen) atoms. The average molecular weight is 299 g/mol. The summed E-state index contributed by atoms with van der Waals surface area (Å²) in [6, 6.07) is 1.39. The van der Waals surface area contributed by atoms with Gasteiger partial charge in [0.05, 0.1) is 11.5 Å². The fourth-order valence-corrected chi connectivity index (χ4v) is 2.45. The minimum absolute atomic E-state index is 0.175. The molecule has 1 N–H and O–H groups in total. The lowest BCUT2D eigenvalue weighted by Crippen LogP contribution is -2.04. The molecular weight excluding hydrogens is 288 g/mol. The predicted molar refractivity (Wildman–Crippen MR) is 71.8 cm³/mol. The summed E-state index contributed by atoms with van der Waals surface area (Å²) in [4.78, 5) is 15.1. The smallest absolute Gasteiger partial charge is 0.327 e. The summed E-state index contributed by atoms with van der Waals surface area (Å²) >= 11 is 1.44. The van der Waals surface area contributed by atoms with Crippen LogP contribution in [0.5, 0.6) is 0 Å². The average Bonchev–Trinajstić information content (AvgIpc) is 2.82. The lowest BCUT2D eigenvalue weighted by Gasteiger charge is -2.06. The Morgan fingerprint density at radius 3 is 2.80 bits per heavy atom. The fraction of sp³-hybridized carbons (Fsp3) is 0.250. The van der Waals surface area contributed by atoms with Crippen LogP contribution in [0, 0.1) is 21.7 Å². The molecule has 8 heteroatoms. The van der Waals surface area contributed by atoms with Crippen molar-refractivity contribution in [1.82, 2.24) is 4.98 Å². The van der Waals surface area contributed by atoms with Gasteiger partial charge < -0.3 is 5.32 Å². The Kier molecular flexibility index (Phi) is 4.23. The third-order valence-electron chi connectivity index (χ3n) is 2.59. The molecule has 5 nitrogen and oxygen atoms in total. The van der Waals surface area contributed by atoms with E-state index in [9.17, 15) is 18.9 Å². The summed E-state index contributed by atoms with van der Waals surface area (Å²) in [6.07, 6.45) is 2.55. The van der Waals surface area contributed by atoms with Crippen molar-refractivity contribution in [3.63, 3.8) is 0 Å². The van der Waals surface area contributed by atoms with Crippen LogP contribution >= 0.6 is 11.3 Å². The molecule has 0 bridgehead atoms. The van der Waals surface area contributed by atoms with E-state index in [1.54, 1.807) is 6.20 Å².